The molecule has 1 aromatic carbocycles. The number of halogens is 1. The van der Waals surface area contributed by atoms with Crippen molar-refractivity contribution in [3.05, 3.63) is 28.7 Å². The van der Waals surface area contributed by atoms with Crippen molar-refractivity contribution < 1.29 is 0 Å². The average Bonchev–Trinajstić information content (AvgIpc) is 2.37. The minimum atomic E-state index is 0.412. The van der Waals surface area contributed by atoms with Crippen LogP contribution in [0.4, 0.5) is 0 Å². The molecule has 0 aromatic heterocycles. The van der Waals surface area contributed by atoms with Crippen LogP contribution in [0.3, 0.4) is 0 Å². The van der Waals surface area contributed by atoms with E-state index in [0.717, 1.165) is 16.9 Å². The van der Waals surface area contributed by atoms with Crippen molar-refractivity contribution in [1.29, 1.82) is 0 Å². The third-order valence-corrected chi connectivity index (χ3v) is 6.44. The van der Waals surface area contributed by atoms with Gasteiger partial charge < -0.3 is 5.73 Å². The van der Waals surface area contributed by atoms with E-state index in [1.54, 1.807) is 0 Å². The molecular formula is C17H26BrNS. The summed E-state index contributed by atoms with van der Waals surface area (Å²) in [5, 5.41) is 0.660. The van der Waals surface area contributed by atoms with Crippen molar-refractivity contribution in [2.75, 3.05) is 6.54 Å². The molecule has 1 aromatic rings. The maximum absolute atomic E-state index is 6.01. The highest BCUT2D eigenvalue weighted by Gasteiger charge is 2.35. The van der Waals surface area contributed by atoms with Crippen molar-refractivity contribution in [3.63, 3.8) is 0 Å². The Bertz CT molecular complexity index is 441. The van der Waals surface area contributed by atoms with Crippen LogP contribution in [0.15, 0.2) is 33.6 Å². The van der Waals surface area contributed by atoms with Crippen molar-refractivity contribution in [3.8, 4) is 0 Å². The van der Waals surface area contributed by atoms with Gasteiger partial charge in [0.1, 0.15) is 0 Å². The van der Waals surface area contributed by atoms with Gasteiger partial charge in [0.25, 0.3) is 0 Å². The summed E-state index contributed by atoms with van der Waals surface area (Å²) in [5.41, 5.74) is 6.42. The molecule has 1 nitrogen and oxygen atoms in total. The van der Waals surface area contributed by atoms with E-state index >= 15 is 0 Å². The van der Waals surface area contributed by atoms with Crippen LogP contribution < -0.4 is 5.73 Å². The highest BCUT2D eigenvalue weighted by Crippen LogP contribution is 2.45. The molecule has 0 spiro atoms. The van der Waals surface area contributed by atoms with Gasteiger partial charge in [-0.05, 0) is 61.3 Å². The fourth-order valence-electron chi connectivity index (χ4n) is 3.11. The van der Waals surface area contributed by atoms with Crippen LogP contribution in [-0.2, 0) is 0 Å². The van der Waals surface area contributed by atoms with Crippen LogP contribution in [-0.4, -0.2) is 11.8 Å². The molecule has 0 heterocycles. The van der Waals surface area contributed by atoms with Crippen LogP contribution in [0.5, 0.6) is 0 Å². The summed E-state index contributed by atoms with van der Waals surface area (Å²) in [6, 6.07) is 8.64. The van der Waals surface area contributed by atoms with E-state index in [1.165, 1.54) is 24.2 Å². The number of nitrogens with two attached hydrogens (primary N) is 1. The Kier molecular flexibility index (Phi) is 5.61. The standard InChI is InChI=1S/C17H26BrNS/c1-17(2,3)13-8-7-12(11-19)16(9-13)20-15-6-4-5-14(18)10-15/h4-6,10,12-13,16H,7-9,11,19H2,1-3H3. The largest absolute Gasteiger partial charge is 0.330 e. The maximum Gasteiger partial charge on any atom is 0.0186 e. The maximum atomic E-state index is 6.01. The second kappa shape index (κ2) is 6.85. The average molecular weight is 356 g/mol. The minimum Gasteiger partial charge on any atom is -0.330 e. The SMILES string of the molecule is CC(C)(C)C1CCC(CN)C(Sc2cccc(Br)c2)C1. The Hall–Kier alpha value is 0.01000. The highest BCUT2D eigenvalue weighted by molar-refractivity contribution is 9.10. The Morgan fingerprint density at radius 1 is 1.30 bits per heavy atom. The molecule has 0 radical (unpaired) electrons. The zero-order chi connectivity index (χ0) is 14.8. The van der Waals surface area contributed by atoms with E-state index < -0.39 is 0 Å². The first-order chi connectivity index (χ1) is 9.40. The zero-order valence-electron chi connectivity index (χ0n) is 12.7. The van der Waals surface area contributed by atoms with Gasteiger partial charge in [0.15, 0.2) is 0 Å². The van der Waals surface area contributed by atoms with Crippen molar-refractivity contribution in [1.82, 2.24) is 0 Å². The van der Waals surface area contributed by atoms with E-state index in [-0.39, 0.29) is 0 Å². The molecule has 0 saturated heterocycles. The van der Waals surface area contributed by atoms with Gasteiger partial charge in [0.05, 0.1) is 0 Å². The number of hydrogen-bond donors (Lipinski definition) is 1. The number of benzene rings is 1. The lowest BCUT2D eigenvalue weighted by molar-refractivity contribution is 0.157. The summed E-state index contributed by atoms with van der Waals surface area (Å²) in [7, 11) is 0. The Labute approximate surface area is 136 Å². The molecule has 1 aliphatic carbocycles. The van der Waals surface area contributed by atoms with E-state index in [9.17, 15) is 0 Å². The highest BCUT2D eigenvalue weighted by atomic mass is 79.9. The Morgan fingerprint density at radius 2 is 2.05 bits per heavy atom. The molecule has 1 aliphatic rings. The third kappa shape index (κ3) is 4.25. The van der Waals surface area contributed by atoms with Crippen LogP contribution in [0.2, 0.25) is 0 Å². The van der Waals surface area contributed by atoms with Crippen molar-refractivity contribution in [2.24, 2.45) is 23.0 Å². The molecule has 0 aliphatic heterocycles. The number of thioether (sulfide) groups is 1. The molecule has 3 unspecified atom stereocenters. The van der Waals surface area contributed by atoms with Crippen LogP contribution >= 0.6 is 27.7 Å². The molecule has 3 heteroatoms. The van der Waals surface area contributed by atoms with Gasteiger partial charge in [-0.1, -0.05) is 42.8 Å². The second-order valence-corrected chi connectivity index (χ2v) is 9.21. The van der Waals surface area contributed by atoms with Crippen LogP contribution in [0.1, 0.15) is 40.0 Å². The van der Waals surface area contributed by atoms with Gasteiger partial charge >= 0.3 is 0 Å². The first-order valence-corrected chi connectivity index (χ1v) is 9.19. The molecular weight excluding hydrogens is 330 g/mol. The number of rotatable bonds is 3. The molecule has 0 amide bonds. The molecule has 3 atom stereocenters. The summed E-state index contributed by atoms with van der Waals surface area (Å²) in [6.45, 7) is 7.95. The molecule has 2 rings (SSSR count). The predicted octanol–water partition coefficient (Wildman–Crippen LogP) is 5.33. The third-order valence-electron chi connectivity index (χ3n) is 4.54. The molecule has 0 bridgehead atoms. The Morgan fingerprint density at radius 3 is 2.65 bits per heavy atom. The van der Waals surface area contributed by atoms with Crippen LogP contribution in [0, 0.1) is 17.3 Å². The summed E-state index contributed by atoms with van der Waals surface area (Å²) >= 11 is 5.59. The van der Waals surface area contributed by atoms with Gasteiger partial charge in [-0.15, -0.1) is 11.8 Å². The molecule has 1 fully saturated rings. The lowest BCUT2D eigenvalue weighted by Crippen LogP contribution is -2.36. The molecule has 1 saturated carbocycles. The predicted molar refractivity (Wildman–Crippen MR) is 93.1 cm³/mol. The van der Waals surface area contributed by atoms with Gasteiger partial charge in [0, 0.05) is 14.6 Å². The lowest BCUT2D eigenvalue weighted by Gasteiger charge is -2.41. The lowest BCUT2D eigenvalue weighted by atomic mass is 9.69. The normalized spacial score (nSPS) is 27.6. The van der Waals surface area contributed by atoms with Gasteiger partial charge in [0.2, 0.25) is 0 Å². The van der Waals surface area contributed by atoms with E-state index in [4.69, 9.17) is 5.73 Å². The first kappa shape index (κ1) is 16.4. The number of hydrogen-bond acceptors (Lipinski definition) is 2. The fraction of sp³-hybridized carbons (Fsp3) is 0.647. The zero-order valence-corrected chi connectivity index (χ0v) is 15.1. The van der Waals surface area contributed by atoms with Crippen molar-refractivity contribution >= 4 is 27.7 Å². The molecule has 112 valence electrons. The monoisotopic (exact) mass is 355 g/mol. The fourth-order valence-corrected chi connectivity index (χ4v) is 5.13. The molecule has 2 N–H and O–H groups in total. The minimum absolute atomic E-state index is 0.412. The van der Waals surface area contributed by atoms with Gasteiger partial charge in [-0.2, -0.15) is 0 Å². The first-order valence-electron chi connectivity index (χ1n) is 7.52. The van der Waals surface area contributed by atoms with Crippen molar-refractivity contribution in [2.45, 2.75) is 50.2 Å². The summed E-state index contributed by atoms with van der Waals surface area (Å²) in [4.78, 5) is 1.36. The van der Waals surface area contributed by atoms with Gasteiger partial charge in [-0.25, -0.2) is 0 Å². The van der Waals surface area contributed by atoms with Gasteiger partial charge in [-0.3, -0.25) is 0 Å². The second-order valence-electron chi connectivity index (χ2n) is 6.99. The molecule has 20 heavy (non-hydrogen) atoms. The topological polar surface area (TPSA) is 26.0 Å². The summed E-state index contributed by atoms with van der Waals surface area (Å²) in [6.07, 6.45) is 3.91. The summed E-state index contributed by atoms with van der Waals surface area (Å²) < 4.78 is 1.16. The van der Waals surface area contributed by atoms with E-state index in [0.29, 0.717) is 16.6 Å². The van der Waals surface area contributed by atoms with E-state index in [1.807, 2.05) is 11.8 Å². The smallest absolute Gasteiger partial charge is 0.0186 e. The van der Waals surface area contributed by atoms with E-state index in [2.05, 4.69) is 61.0 Å². The Balaban J connectivity index is 2.09. The van der Waals surface area contributed by atoms with Crippen LogP contribution in [0.25, 0.3) is 0 Å². The quantitative estimate of drug-likeness (QED) is 0.792. The summed E-state index contributed by atoms with van der Waals surface area (Å²) in [5.74, 6) is 1.48.